The first-order chi connectivity index (χ1) is 13.9. The number of aryl methyl sites for hydroxylation is 1. The molecular formula is C21H27ClN5O2+. The molecule has 1 aromatic carbocycles. The van der Waals surface area contributed by atoms with Crippen LogP contribution >= 0.6 is 11.6 Å². The molecule has 0 bridgehead atoms. The van der Waals surface area contributed by atoms with E-state index in [9.17, 15) is 9.59 Å². The highest BCUT2D eigenvalue weighted by Gasteiger charge is 2.23. The monoisotopic (exact) mass is 416 g/mol. The van der Waals surface area contributed by atoms with Gasteiger partial charge in [0.15, 0.2) is 0 Å². The molecule has 1 N–H and O–H groups in total. The number of amides is 2. The van der Waals surface area contributed by atoms with Crippen molar-refractivity contribution in [3.8, 4) is 5.69 Å². The van der Waals surface area contributed by atoms with Crippen LogP contribution in [-0.2, 0) is 9.59 Å². The predicted molar refractivity (Wildman–Crippen MR) is 113 cm³/mol. The van der Waals surface area contributed by atoms with Crippen LogP contribution in [-0.4, -0.2) is 78.2 Å². The summed E-state index contributed by atoms with van der Waals surface area (Å²) in [6, 6.07) is 9.57. The summed E-state index contributed by atoms with van der Waals surface area (Å²) in [6.07, 6.45) is 3.10. The second-order valence-electron chi connectivity index (χ2n) is 7.40. The molecule has 0 unspecified atom stereocenters. The van der Waals surface area contributed by atoms with Gasteiger partial charge in [0, 0.05) is 18.7 Å². The van der Waals surface area contributed by atoms with Crippen LogP contribution in [0.5, 0.6) is 0 Å². The van der Waals surface area contributed by atoms with Crippen LogP contribution in [0.15, 0.2) is 36.4 Å². The molecule has 3 rings (SSSR count). The third-order valence-electron chi connectivity index (χ3n) is 5.16. The SMILES string of the molecule is Cc1nn(-c2ccccc2)c(Cl)c1/C=C/C(=O)N(C)CC(=O)N1CC[NH+](C)CC1. The van der Waals surface area contributed by atoms with Crippen molar-refractivity contribution in [3.05, 3.63) is 52.8 Å². The summed E-state index contributed by atoms with van der Waals surface area (Å²) in [5, 5.41) is 4.91. The quantitative estimate of drug-likeness (QED) is 0.728. The fourth-order valence-electron chi connectivity index (χ4n) is 3.24. The fraction of sp³-hybridized carbons (Fsp3) is 0.381. The summed E-state index contributed by atoms with van der Waals surface area (Å²) < 4.78 is 1.64. The topological polar surface area (TPSA) is 62.9 Å². The van der Waals surface area contributed by atoms with Crippen molar-refractivity contribution >= 4 is 29.5 Å². The molecule has 1 fully saturated rings. The zero-order valence-electron chi connectivity index (χ0n) is 17.1. The second-order valence-corrected chi connectivity index (χ2v) is 7.76. The van der Waals surface area contributed by atoms with E-state index in [0.717, 1.165) is 37.6 Å². The molecule has 0 saturated carbocycles. The Kier molecular flexibility index (Phi) is 6.71. The van der Waals surface area contributed by atoms with Crippen molar-refractivity contribution in [1.29, 1.82) is 0 Å². The Labute approximate surface area is 176 Å². The lowest BCUT2D eigenvalue weighted by atomic mass is 10.2. The molecule has 1 saturated heterocycles. The van der Waals surface area contributed by atoms with Crippen LogP contribution in [0.2, 0.25) is 5.15 Å². The van der Waals surface area contributed by atoms with Crippen molar-refractivity contribution in [2.24, 2.45) is 0 Å². The van der Waals surface area contributed by atoms with Gasteiger partial charge in [0.1, 0.15) is 5.15 Å². The van der Waals surface area contributed by atoms with Gasteiger partial charge in [-0.3, -0.25) is 9.59 Å². The standard InChI is InChI=1S/C21H26ClN5O2/c1-16-18(21(22)27(23-16)17-7-5-4-6-8-17)9-10-19(28)25(3)15-20(29)26-13-11-24(2)12-14-26/h4-10H,11-15H2,1-3H3/p+1/b10-9+. The summed E-state index contributed by atoms with van der Waals surface area (Å²) >= 11 is 6.49. The maximum Gasteiger partial charge on any atom is 0.246 e. The zero-order valence-corrected chi connectivity index (χ0v) is 17.8. The number of quaternary nitrogens is 1. The molecule has 0 radical (unpaired) electrons. The van der Waals surface area contributed by atoms with Crippen LogP contribution in [0.25, 0.3) is 11.8 Å². The third-order valence-corrected chi connectivity index (χ3v) is 5.52. The molecule has 29 heavy (non-hydrogen) atoms. The Hall–Kier alpha value is -2.64. The minimum absolute atomic E-state index is 0.0205. The number of likely N-dealkylation sites (N-methyl/N-ethyl adjacent to an activating group) is 2. The van der Waals surface area contributed by atoms with Crippen molar-refractivity contribution in [3.63, 3.8) is 0 Å². The number of aromatic nitrogens is 2. The zero-order chi connectivity index (χ0) is 21.0. The van der Waals surface area contributed by atoms with Gasteiger partial charge in [-0.05, 0) is 25.1 Å². The summed E-state index contributed by atoms with van der Waals surface area (Å²) in [4.78, 5) is 29.6. The summed E-state index contributed by atoms with van der Waals surface area (Å²) in [7, 11) is 3.75. The van der Waals surface area contributed by atoms with Crippen molar-refractivity contribution in [2.75, 3.05) is 46.8 Å². The van der Waals surface area contributed by atoms with E-state index in [1.165, 1.54) is 15.9 Å². The van der Waals surface area contributed by atoms with Gasteiger partial charge in [0.2, 0.25) is 11.8 Å². The van der Waals surface area contributed by atoms with Crippen molar-refractivity contribution in [2.45, 2.75) is 6.92 Å². The highest BCUT2D eigenvalue weighted by atomic mass is 35.5. The second kappa shape index (κ2) is 9.24. The first-order valence-electron chi connectivity index (χ1n) is 9.69. The first-order valence-corrected chi connectivity index (χ1v) is 10.1. The van der Waals surface area contributed by atoms with E-state index in [2.05, 4.69) is 12.1 Å². The minimum atomic E-state index is -0.249. The Bertz CT molecular complexity index is 901. The number of benzene rings is 1. The summed E-state index contributed by atoms with van der Waals surface area (Å²) in [6.45, 7) is 5.25. The molecule has 8 heteroatoms. The number of hydrogen-bond donors (Lipinski definition) is 1. The van der Waals surface area contributed by atoms with Gasteiger partial charge in [0.25, 0.3) is 0 Å². The summed E-state index contributed by atoms with van der Waals surface area (Å²) in [5.41, 5.74) is 2.26. The number of nitrogens with one attached hydrogen (secondary N) is 1. The Balaban J connectivity index is 1.64. The Morgan fingerprint density at radius 1 is 1.24 bits per heavy atom. The smallest absolute Gasteiger partial charge is 0.246 e. The molecule has 7 nitrogen and oxygen atoms in total. The third kappa shape index (κ3) is 5.05. The van der Waals surface area contributed by atoms with E-state index < -0.39 is 0 Å². The molecule has 0 spiro atoms. The number of halogens is 1. The highest BCUT2D eigenvalue weighted by molar-refractivity contribution is 6.31. The fourth-order valence-corrected chi connectivity index (χ4v) is 3.58. The first kappa shape index (κ1) is 21.1. The largest absolute Gasteiger partial charge is 0.334 e. The van der Waals surface area contributed by atoms with Crippen LogP contribution in [0.1, 0.15) is 11.3 Å². The van der Waals surface area contributed by atoms with E-state index in [4.69, 9.17) is 11.6 Å². The number of rotatable bonds is 5. The van der Waals surface area contributed by atoms with Crippen molar-refractivity contribution < 1.29 is 14.5 Å². The molecule has 2 amide bonds. The molecule has 1 aliphatic heterocycles. The molecule has 2 heterocycles. The van der Waals surface area contributed by atoms with E-state index >= 15 is 0 Å². The van der Waals surface area contributed by atoms with Crippen molar-refractivity contribution in [1.82, 2.24) is 19.6 Å². The average Bonchev–Trinajstić information content (AvgIpc) is 3.00. The maximum absolute atomic E-state index is 12.5. The minimum Gasteiger partial charge on any atom is -0.334 e. The molecule has 0 aliphatic carbocycles. The van der Waals surface area contributed by atoms with Gasteiger partial charge in [-0.1, -0.05) is 29.8 Å². The molecule has 1 aliphatic rings. The van der Waals surface area contributed by atoms with Crippen LogP contribution < -0.4 is 4.90 Å². The molecule has 154 valence electrons. The Morgan fingerprint density at radius 2 is 1.90 bits per heavy atom. The van der Waals surface area contributed by atoms with Gasteiger partial charge in [-0.15, -0.1) is 0 Å². The van der Waals surface area contributed by atoms with Crippen LogP contribution in [0.3, 0.4) is 0 Å². The predicted octanol–water partition coefficient (Wildman–Crippen LogP) is 0.663. The van der Waals surface area contributed by atoms with Crippen LogP contribution in [0.4, 0.5) is 0 Å². The van der Waals surface area contributed by atoms with Gasteiger partial charge < -0.3 is 14.7 Å². The average molecular weight is 417 g/mol. The van der Waals surface area contributed by atoms with Gasteiger partial charge in [0.05, 0.1) is 51.2 Å². The van der Waals surface area contributed by atoms with Gasteiger partial charge in [-0.25, -0.2) is 4.68 Å². The van der Waals surface area contributed by atoms with E-state index in [0.29, 0.717) is 10.7 Å². The van der Waals surface area contributed by atoms with E-state index in [1.54, 1.807) is 17.8 Å². The summed E-state index contributed by atoms with van der Waals surface area (Å²) in [5.74, 6) is -0.270. The number of hydrogen-bond acceptors (Lipinski definition) is 3. The molecule has 1 aromatic heterocycles. The number of carbonyl (C=O) groups excluding carboxylic acids is 2. The lowest BCUT2D eigenvalue weighted by molar-refractivity contribution is -0.883. The Morgan fingerprint density at radius 3 is 2.55 bits per heavy atom. The maximum atomic E-state index is 12.5. The number of carbonyl (C=O) groups is 2. The normalized spacial score (nSPS) is 15.1. The van der Waals surface area contributed by atoms with Crippen LogP contribution in [0, 0.1) is 6.92 Å². The van der Waals surface area contributed by atoms with E-state index in [-0.39, 0.29) is 18.4 Å². The number of para-hydroxylation sites is 1. The lowest BCUT2D eigenvalue weighted by Crippen LogP contribution is -3.12. The number of nitrogens with zero attached hydrogens (tertiary/aromatic N) is 4. The lowest BCUT2D eigenvalue weighted by Gasteiger charge is -2.31. The number of piperazine rings is 1. The molecule has 0 atom stereocenters. The molecular weight excluding hydrogens is 390 g/mol. The van der Waals surface area contributed by atoms with E-state index in [1.807, 2.05) is 42.2 Å². The molecule has 2 aromatic rings. The highest BCUT2D eigenvalue weighted by Crippen LogP contribution is 2.24. The van der Waals surface area contributed by atoms with Gasteiger partial charge in [-0.2, -0.15) is 5.10 Å². The van der Waals surface area contributed by atoms with Gasteiger partial charge >= 0.3 is 0 Å².